The largest absolute Gasteiger partial charge is 0.465 e. The van der Waals surface area contributed by atoms with Crippen LogP contribution in [0, 0.1) is 6.92 Å². The molecule has 0 fully saturated rings. The van der Waals surface area contributed by atoms with Gasteiger partial charge in [0.15, 0.2) is 6.61 Å². The predicted octanol–water partition coefficient (Wildman–Crippen LogP) is 2.73. The van der Waals surface area contributed by atoms with E-state index in [4.69, 9.17) is 4.42 Å². The molecule has 1 rings (SSSR count). The van der Waals surface area contributed by atoms with Gasteiger partial charge in [-0.1, -0.05) is 0 Å². The molecule has 0 bridgehead atoms. The molecule has 0 aromatic carbocycles. The molecule has 0 radical (unpaired) electrons. The number of rotatable bonds is 4. The summed E-state index contributed by atoms with van der Waals surface area (Å²) in [6.07, 6.45) is -4.33. The average Bonchev–Trinajstić information content (AvgIpc) is 2.49. The van der Waals surface area contributed by atoms with E-state index >= 15 is 0 Å². The third-order valence-corrected chi connectivity index (χ3v) is 1.68. The van der Waals surface area contributed by atoms with Gasteiger partial charge in [-0.2, -0.15) is 18.7 Å². The SMILES string of the molecule is Cc1ccc(C(C)NOCC(F)(F)F)o1. The van der Waals surface area contributed by atoms with Gasteiger partial charge >= 0.3 is 6.18 Å². The molecule has 15 heavy (non-hydrogen) atoms. The summed E-state index contributed by atoms with van der Waals surface area (Å²) in [5, 5.41) is 0. The molecule has 1 atom stereocenters. The summed E-state index contributed by atoms with van der Waals surface area (Å²) in [5.74, 6) is 1.24. The highest BCUT2D eigenvalue weighted by Crippen LogP contribution is 2.17. The van der Waals surface area contributed by atoms with Crippen molar-refractivity contribution in [3.63, 3.8) is 0 Å². The minimum atomic E-state index is -4.33. The maximum absolute atomic E-state index is 11.7. The molecule has 0 aliphatic heterocycles. The molecule has 1 unspecified atom stereocenters. The number of halogens is 3. The molecule has 1 heterocycles. The molecule has 0 amide bonds. The van der Waals surface area contributed by atoms with E-state index in [0.29, 0.717) is 11.5 Å². The molecule has 0 aliphatic rings. The molecule has 0 saturated heterocycles. The molecule has 1 aromatic rings. The van der Waals surface area contributed by atoms with E-state index in [2.05, 4.69) is 10.3 Å². The highest BCUT2D eigenvalue weighted by atomic mass is 19.4. The normalized spacial score (nSPS) is 14.2. The number of furan rings is 1. The highest BCUT2D eigenvalue weighted by Gasteiger charge is 2.28. The van der Waals surface area contributed by atoms with E-state index in [1.54, 1.807) is 26.0 Å². The maximum Gasteiger partial charge on any atom is 0.413 e. The van der Waals surface area contributed by atoms with E-state index in [1.165, 1.54) is 0 Å². The fourth-order valence-corrected chi connectivity index (χ4v) is 0.993. The number of alkyl halides is 3. The van der Waals surface area contributed by atoms with Crippen LogP contribution in [0.4, 0.5) is 13.2 Å². The zero-order valence-corrected chi connectivity index (χ0v) is 8.39. The maximum atomic E-state index is 11.7. The molecule has 1 N–H and O–H groups in total. The third kappa shape index (κ3) is 4.35. The van der Waals surface area contributed by atoms with Crippen LogP contribution in [0.15, 0.2) is 16.5 Å². The summed E-state index contributed by atoms with van der Waals surface area (Å²) < 4.78 is 40.4. The Morgan fingerprint density at radius 1 is 1.47 bits per heavy atom. The molecule has 3 nitrogen and oxygen atoms in total. The van der Waals surface area contributed by atoms with Crippen molar-refractivity contribution in [3.8, 4) is 0 Å². The van der Waals surface area contributed by atoms with Crippen LogP contribution in [-0.4, -0.2) is 12.8 Å². The van der Waals surface area contributed by atoms with Crippen LogP contribution in [0.25, 0.3) is 0 Å². The summed E-state index contributed by atoms with van der Waals surface area (Å²) >= 11 is 0. The van der Waals surface area contributed by atoms with Gasteiger partial charge in [-0.05, 0) is 26.0 Å². The summed E-state index contributed by atoms with van der Waals surface area (Å²) in [7, 11) is 0. The zero-order chi connectivity index (χ0) is 11.5. The lowest BCUT2D eigenvalue weighted by atomic mass is 10.3. The minimum Gasteiger partial charge on any atom is -0.465 e. The Kier molecular flexibility index (Phi) is 3.76. The second-order valence-electron chi connectivity index (χ2n) is 3.19. The Morgan fingerprint density at radius 3 is 2.60 bits per heavy atom. The van der Waals surface area contributed by atoms with E-state index < -0.39 is 18.8 Å². The Morgan fingerprint density at radius 2 is 2.13 bits per heavy atom. The Bertz CT molecular complexity index is 309. The number of hydrogen-bond donors (Lipinski definition) is 1. The standard InChI is InChI=1S/C9H12F3NO2/c1-6-3-4-8(15-6)7(2)13-14-5-9(10,11)12/h3-4,7,13H,5H2,1-2H3. The summed E-state index contributed by atoms with van der Waals surface area (Å²) in [4.78, 5) is 4.29. The van der Waals surface area contributed by atoms with Crippen LogP contribution >= 0.6 is 0 Å². The van der Waals surface area contributed by atoms with Gasteiger partial charge in [0.1, 0.15) is 11.5 Å². The predicted molar refractivity (Wildman–Crippen MR) is 47.0 cm³/mol. The van der Waals surface area contributed by atoms with E-state index in [1.807, 2.05) is 0 Å². The van der Waals surface area contributed by atoms with Gasteiger partial charge in [-0.15, -0.1) is 0 Å². The van der Waals surface area contributed by atoms with Gasteiger partial charge in [0.2, 0.25) is 0 Å². The lowest BCUT2D eigenvalue weighted by molar-refractivity contribution is -0.193. The molecular formula is C9H12F3NO2. The number of nitrogens with one attached hydrogen (secondary N) is 1. The smallest absolute Gasteiger partial charge is 0.413 e. The van der Waals surface area contributed by atoms with Crippen molar-refractivity contribution >= 4 is 0 Å². The molecular weight excluding hydrogens is 211 g/mol. The quantitative estimate of drug-likeness (QED) is 0.797. The van der Waals surface area contributed by atoms with Crippen LogP contribution in [0.2, 0.25) is 0 Å². The Balaban J connectivity index is 2.34. The number of hydrogen-bond acceptors (Lipinski definition) is 3. The first-order chi connectivity index (χ1) is 6.88. The molecule has 0 saturated carbocycles. The van der Waals surface area contributed by atoms with Gasteiger partial charge in [-0.3, -0.25) is 4.84 Å². The number of aryl methyl sites for hydroxylation is 1. The lowest BCUT2D eigenvalue weighted by Gasteiger charge is -2.12. The van der Waals surface area contributed by atoms with Crippen molar-refractivity contribution in [2.24, 2.45) is 0 Å². The first-order valence-electron chi connectivity index (χ1n) is 4.39. The highest BCUT2D eigenvalue weighted by molar-refractivity contribution is 5.08. The van der Waals surface area contributed by atoms with Gasteiger partial charge < -0.3 is 4.42 Å². The second-order valence-corrected chi connectivity index (χ2v) is 3.19. The van der Waals surface area contributed by atoms with E-state index in [0.717, 1.165) is 0 Å². The molecule has 0 aliphatic carbocycles. The van der Waals surface area contributed by atoms with Crippen LogP contribution < -0.4 is 5.48 Å². The summed E-state index contributed by atoms with van der Waals surface area (Å²) in [5.41, 5.74) is 2.26. The van der Waals surface area contributed by atoms with Crippen molar-refractivity contribution in [2.75, 3.05) is 6.61 Å². The summed E-state index contributed by atoms with van der Waals surface area (Å²) in [6, 6.07) is 3.00. The van der Waals surface area contributed by atoms with Crippen molar-refractivity contribution in [1.29, 1.82) is 0 Å². The second kappa shape index (κ2) is 4.67. The molecule has 1 aromatic heterocycles. The first-order valence-corrected chi connectivity index (χ1v) is 4.39. The summed E-state index contributed by atoms with van der Waals surface area (Å²) in [6.45, 7) is 2.08. The Hall–Kier alpha value is -1.01. The zero-order valence-electron chi connectivity index (χ0n) is 8.39. The minimum absolute atomic E-state index is 0.416. The molecule has 6 heteroatoms. The van der Waals surface area contributed by atoms with Crippen molar-refractivity contribution in [3.05, 3.63) is 23.7 Å². The Labute approximate surface area is 85.2 Å². The monoisotopic (exact) mass is 223 g/mol. The van der Waals surface area contributed by atoms with Crippen LogP contribution in [0.1, 0.15) is 24.5 Å². The van der Waals surface area contributed by atoms with Crippen LogP contribution in [-0.2, 0) is 4.84 Å². The van der Waals surface area contributed by atoms with Gasteiger partial charge in [-0.25, -0.2) is 0 Å². The van der Waals surface area contributed by atoms with Gasteiger partial charge in [0, 0.05) is 0 Å². The molecule has 0 spiro atoms. The van der Waals surface area contributed by atoms with E-state index in [-0.39, 0.29) is 0 Å². The topological polar surface area (TPSA) is 34.4 Å². The van der Waals surface area contributed by atoms with Crippen LogP contribution in [0.3, 0.4) is 0 Å². The van der Waals surface area contributed by atoms with Crippen molar-refractivity contribution < 1.29 is 22.4 Å². The average molecular weight is 223 g/mol. The van der Waals surface area contributed by atoms with E-state index in [9.17, 15) is 13.2 Å². The number of hydroxylamine groups is 1. The lowest BCUT2D eigenvalue weighted by Crippen LogP contribution is -2.26. The fourth-order valence-electron chi connectivity index (χ4n) is 0.993. The van der Waals surface area contributed by atoms with Crippen molar-refractivity contribution in [1.82, 2.24) is 5.48 Å². The fraction of sp³-hybridized carbons (Fsp3) is 0.556. The third-order valence-electron chi connectivity index (χ3n) is 1.68. The van der Waals surface area contributed by atoms with Crippen molar-refractivity contribution in [2.45, 2.75) is 26.1 Å². The first kappa shape index (κ1) is 12.1. The van der Waals surface area contributed by atoms with Gasteiger partial charge in [0.05, 0.1) is 6.04 Å². The molecule has 86 valence electrons. The van der Waals surface area contributed by atoms with Gasteiger partial charge in [0.25, 0.3) is 0 Å². The van der Waals surface area contributed by atoms with Crippen LogP contribution in [0.5, 0.6) is 0 Å².